The molecule has 138 valence electrons. The van der Waals surface area contributed by atoms with E-state index in [0.29, 0.717) is 24.2 Å². The van der Waals surface area contributed by atoms with E-state index in [0.717, 1.165) is 44.6 Å². The summed E-state index contributed by atoms with van der Waals surface area (Å²) in [6, 6.07) is 9.82. The first kappa shape index (κ1) is 17.2. The zero-order chi connectivity index (χ0) is 17.8. The van der Waals surface area contributed by atoms with Gasteiger partial charge in [-0.2, -0.15) is 0 Å². The maximum atomic E-state index is 12.6. The van der Waals surface area contributed by atoms with Gasteiger partial charge in [0, 0.05) is 37.7 Å². The van der Waals surface area contributed by atoms with E-state index in [2.05, 4.69) is 20.0 Å². The second kappa shape index (κ2) is 7.99. The van der Waals surface area contributed by atoms with Crippen LogP contribution in [0.1, 0.15) is 38.0 Å². The number of benzene rings is 1. The van der Waals surface area contributed by atoms with E-state index in [1.807, 2.05) is 30.3 Å². The Balaban J connectivity index is 1.29. The van der Waals surface area contributed by atoms with Gasteiger partial charge in [-0.25, -0.2) is 0 Å². The molecule has 0 N–H and O–H groups in total. The van der Waals surface area contributed by atoms with Crippen LogP contribution >= 0.6 is 0 Å². The topological polar surface area (TPSA) is 62.5 Å². The number of rotatable bonds is 4. The highest BCUT2D eigenvalue weighted by Crippen LogP contribution is 2.26. The van der Waals surface area contributed by atoms with E-state index < -0.39 is 0 Å². The lowest BCUT2D eigenvalue weighted by atomic mass is 9.88. The molecule has 0 atom stereocenters. The van der Waals surface area contributed by atoms with Crippen molar-refractivity contribution in [2.24, 2.45) is 5.92 Å². The number of carbonyl (C=O) groups is 1. The summed E-state index contributed by atoms with van der Waals surface area (Å²) >= 11 is 0. The van der Waals surface area contributed by atoms with E-state index in [1.54, 1.807) is 0 Å². The first-order valence-electron chi connectivity index (χ1n) is 9.68. The van der Waals surface area contributed by atoms with Gasteiger partial charge in [0.05, 0.1) is 6.54 Å². The maximum Gasteiger partial charge on any atom is 0.247 e. The molecule has 1 saturated heterocycles. The van der Waals surface area contributed by atoms with Crippen molar-refractivity contribution in [3.05, 3.63) is 36.2 Å². The number of hydrogen-bond acceptors (Lipinski definition) is 5. The Morgan fingerprint density at radius 2 is 1.73 bits per heavy atom. The second-order valence-corrected chi connectivity index (χ2v) is 7.30. The van der Waals surface area contributed by atoms with Crippen LogP contribution in [0.25, 0.3) is 11.5 Å². The average Bonchev–Trinajstić information content (AvgIpc) is 3.18. The van der Waals surface area contributed by atoms with Crippen LogP contribution in [0.15, 0.2) is 34.7 Å². The molecule has 1 aromatic carbocycles. The molecule has 0 spiro atoms. The molecule has 1 aromatic heterocycles. The highest BCUT2D eigenvalue weighted by molar-refractivity contribution is 5.79. The molecule has 1 saturated carbocycles. The van der Waals surface area contributed by atoms with Crippen molar-refractivity contribution in [1.82, 2.24) is 20.0 Å². The molecule has 6 heteroatoms. The first-order chi connectivity index (χ1) is 12.8. The Labute approximate surface area is 154 Å². The number of carbonyl (C=O) groups excluding carboxylic acids is 1. The third kappa shape index (κ3) is 3.96. The van der Waals surface area contributed by atoms with Gasteiger partial charge in [-0.05, 0) is 25.0 Å². The molecule has 0 radical (unpaired) electrons. The number of piperazine rings is 1. The molecule has 26 heavy (non-hydrogen) atoms. The number of amides is 1. The van der Waals surface area contributed by atoms with Gasteiger partial charge in [-0.1, -0.05) is 37.5 Å². The lowest BCUT2D eigenvalue weighted by Gasteiger charge is -2.36. The fourth-order valence-electron chi connectivity index (χ4n) is 3.94. The summed E-state index contributed by atoms with van der Waals surface area (Å²) in [4.78, 5) is 17.0. The smallest absolute Gasteiger partial charge is 0.247 e. The third-order valence-corrected chi connectivity index (χ3v) is 5.48. The SMILES string of the molecule is O=C(C1CCCCC1)N1CCN(Cc2nnc(-c3ccccc3)o2)CC1. The van der Waals surface area contributed by atoms with E-state index in [-0.39, 0.29) is 5.92 Å². The van der Waals surface area contributed by atoms with E-state index in [9.17, 15) is 4.79 Å². The average molecular weight is 354 g/mol. The molecular formula is C20H26N4O2. The minimum Gasteiger partial charge on any atom is -0.419 e. The Morgan fingerprint density at radius 1 is 1.00 bits per heavy atom. The quantitative estimate of drug-likeness (QED) is 0.845. The van der Waals surface area contributed by atoms with Crippen molar-refractivity contribution < 1.29 is 9.21 Å². The minimum absolute atomic E-state index is 0.264. The number of aromatic nitrogens is 2. The molecule has 2 heterocycles. The van der Waals surface area contributed by atoms with Gasteiger partial charge in [0.1, 0.15) is 0 Å². The van der Waals surface area contributed by atoms with E-state index >= 15 is 0 Å². The van der Waals surface area contributed by atoms with Crippen molar-refractivity contribution in [1.29, 1.82) is 0 Å². The fourth-order valence-corrected chi connectivity index (χ4v) is 3.94. The van der Waals surface area contributed by atoms with Crippen molar-refractivity contribution in [3.63, 3.8) is 0 Å². The minimum atomic E-state index is 0.264. The van der Waals surface area contributed by atoms with Crippen LogP contribution in [0, 0.1) is 5.92 Å². The summed E-state index contributed by atoms with van der Waals surface area (Å²) in [5, 5.41) is 8.32. The lowest BCUT2D eigenvalue weighted by Crippen LogP contribution is -2.50. The first-order valence-corrected chi connectivity index (χ1v) is 9.68. The van der Waals surface area contributed by atoms with Crippen molar-refractivity contribution >= 4 is 5.91 Å². The Kier molecular flexibility index (Phi) is 5.29. The predicted molar refractivity (Wildman–Crippen MR) is 98.2 cm³/mol. The maximum absolute atomic E-state index is 12.6. The summed E-state index contributed by atoms with van der Waals surface area (Å²) in [6.07, 6.45) is 5.84. The van der Waals surface area contributed by atoms with Crippen LogP contribution in [0.4, 0.5) is 0 Å². The zero-order valence-corrected chi connectivity index (χ0v) is 15.1. The van der Waals surface area contributed by atoms with Crippen LogP contribution in [-0.2, 0) is 11.3 Å². The summed E-state index contributed by atoms with van der Waals surface area (Å²) in [7, 11) is 0. The molecule has 6 nitrogen and oxygen atoms in total. The molecule has 1 amide bonds. The Morgan fingerprint density at radius 3 is 2.46 bits per heavy atom. The molecule has 2 aliphatic rings. The van der Waals surface area contributed by atoms with Crippen LogP contribution in [-0.4, -0.2) is 52.1 Å². The van der Waals surface area contributed by atoms with Crippen molar-refractivity contribution in [2.45, 2.75) is 38.6 Å². The molecule has 0 unspecified atom stereocenters. The molecular weight excluding hydrogens is 328 g/mol. The molecule has 2 fully saturated rings. The van der Waals surface area contributed by atoms with Gasteiger partial charge in [0.25, 0.3) is 0 Å². The summed E-state index contributed by atoms with van der Waals surface area (Å²) in [5.41, 5.74) is 0.939. The highest BCUT2D eigenvalue weighted by Gasteiger charge is 2.28. The number of nitrogens with zero attached hydrogens (tertiary/aromatic N) is 4. The van der Waals surface area contributed by atoms with Gasteiger partial charge in [0.15, 0.2) is 0 Å². The van der Waals surface area contributed by atoms with Gasteiger partial charge in [-0.3, -0.25) is 9.69 Å². The lowest BCUT2D eigenvalue weighted by molar-refractivity contribution is -0.138. The number of hydrogen-bond donors (Lipinski definition) is 0. The highest BCUT2D eigenvalue weighted by atomic mass is 16.4. The van der Waals surface area contributed by atoms with Crippen LogP contribution in [0.2, 0.25) is 0 Å². The summed E-state index contributed by atoms with van der Waals surface area (Å²) in [6.45, 7) is 3.97. The molecule has 4 rings (SSSR count). The normalized spacial score (nSPS) is 19.6. The van der Waals surface area contributed by atoms with E-state index in [4.69, 9.17) is 4.42 Å². The molecule has 1 aliphatic carbocycles. The fraction of sp³-hybridized carbons (Fsp3) is 0.550. The zero-order valence-electron chi connectivity index (χ0n) is 15.1. The summed E-state index contributed by atoms with van der Waals surface area (Å²) < 4.78 is 5.80. The van der Waals surface area contributed by atoms with Gasteiger partial charge >= 0.3 is 0 Å². The largest absolute Gasteiger partial charge is 0.419 e. The molecule has 0 bridgehead atoms. The molecule has 2 aromatic rings. The van der Waals surface area contributed by atoms with Gasteiger partial charge < -0.3 is 9.32 Å². The van der Waals surface area contributed by atoms with Gasteiger partial charge in [0.2, 0.25) is 17.7 Å². The van der Waals surface area contributed by atoms with Crippen molar-refractivity contribution in [3.8, 4) is 11.5 Å². The Bertz CT molecular complexity index is 716. The predicted octanol–water partition coefficient (Wildman–Crippen LogP) is 2.96. The Hall–Kier alpha value is -2.21. The van der Waals surface area contributed by atoms with Crippen LogP contribution < -0.4 is 0 Å². The molecule has 1 aliphatic heterocycles. The van der Waals surface area contributed by atoms with Crippen molar-refractivity contribution in [2.75, 3.05) is 26.2 Å². The van der Waals surface area contributed by atoms with E-state index in [1.165, 1.54) is 19.3 Å². The second-order valence-electron chi connectivity index (χ2n) is 7.30. The van der Waals surface area contributed by atoms with Crippen LogP contribution in [0.5, 0.6) is 0 Å². The van der Waals surface area contributed by atoms with Gasteiger partial charge in [-0.15, -0.1) is 10.2 Å². The monoisotopic (exact) mass is 354 g/mol. The third-order valence-electron chi connectivity index (χ3n) is 5.48. The van der Waals surface area contributed by atoms with Crippen LogP contribution in [0.3, 0.4) is 0 Å². The summed E-state index contributed by atoms with van der Waals surface area (Å²) in [5.74, 6) is 1.83. The standard InChI is InChI=1S/C20H26N4O2/c25-20(17-9-5-2-6-10-17)24-13-11-23(12-14-24)15-18-21-22-19(26-18)16-7-3-1-4-8-16/h1,3-4,7-8,17H,2,5-6,9-15H2.